The predicted molar refractivity (Wildman–Crippen MR) is 94.8 cm³/mol. The number of halogens is 1. The number of benzene rings is 1. The molecule has 0 fully saturated rings. The molecule has 0 aromatic heterocycles. The molecule has 0 saturated carbocycles. The molecule has 1 rings (SSSR count). The van der Waals surface area contributed by atoms with Crippen molar-refractivity contribution in [2.75, 3.05) is 33.2 Å². The summed E-state index contributed by atoms with van der Waals surface area (Å²) in [6.07, 6.45) is 0. The number of carbonyl (C=O) groups excluding carboxylic acids is 1. The molecule has 1 amide bonds. The number of amides is 1. The fourth-order valence-electron chi connectivity index (χ4n) is 2.12. The van der Waals surface area contributed by atoms with Crippen LogP contribution in [0.4, 0.5) is 0 Å². The van der Waals surface area contributed by atoms with Gasteiger partial charge in [-0.05, 0) is 31.7 Å². The van der Waals surface area contributed by atoms with E-state index in [1.165, 1.54) is 10.4 Å². The Morgan fingerprint density at radius 3 is 2.30 bits per heavy atom. The summed E-state index contributed by atoms with van der Waals surface area (Å²) in [4.78, 5) is 12.3. The Morgan fingerprint density at radius 2 is 1.78 bits per heavy atom. The van der Waals surface area contributed by atoms with Crippen LogP contribution in [0, 0.1) is 6.92 Å². The average molecular weight is 364 g/mol. The van der Waals surface area contributed by atoms with E-state index in [2.05, 4.69) is 10.6 Å². The zero-order chi connectivity index (χ0) is 16.8. The van der Waals surface area contributed by atoms with Crippen molar-refractivity contribution in [3.8, 4) is 0 Å². The number of hydrogen-bond donors (Lipinski definition) is 2. The van der Waals surface area contributed by atoms with Crippen molar-refractivity contribution in [1.82, 2.24) is 14.9 Å². The van der Waals surface area contributed by atoms with Crippen molar-refractivity contribution in [3.63, 3.8) is 0 Å². The lowest BCUT2D eigenvalue weighted by Crippen LogP contribution is -2.32. The van der Waals surface area contributed by atoms with Gasteiger partial charge in [0.15, 0.2) is 0 Å². The summed E-state index contributed by atoms with van der Waals surface area (Å²) in [7, 11) is -1.76. The summed E-state index contributed by atoms with van der Waals surface area (Å²) < 4.78 is 26.4. The third-order valence-electron chi connectivity index (χ3n) is 3.46. The number of carbonyl (C=O) groups is 1. The molecule has 8 heteroatoms. The first-order valence-electron chi connectivity index (χ1n) is 7.42. The predicted octanol–water partition coefficient (Wildman–Crippen LogP) is 1.40. The Bertz CT molecular complexity index is 616. The van der Waals surface area contributed by atoms with E-state index in [-0.39, 0.29) is 23.2 Å². The molecule has 0 spiro atoms. The maximum absolute atomic E-state index is 12.5. The molecule has 0 bridgehead atoms. The lowest BCUT2D eigenvalue weighted by Gasteiger charge is -2.19. The van der Waals surface area contributed by atoms with Crippen molar-refractivity contribution in [2.24, 2.45) is 0 Å². The maximum Gasteiger partial charge on any atom is 0.251 e. The fraction of sp³-hybridized carbons (Fsp3) is 0.533. The number of aryl methyl sites for hydroxylation is 1. The lowest BCUT2D eigenvalue weighted by atomic mass is 10.1. The molecular weight excluding hydrogens is 338 g/mol. The van der Waals surface area contributed by atoms with Gasteiger partial charge in [-0.3, -0.25) is 4.79 Å². The van der Waals surface area contributed by atoms with Crippen LogP contribution in [0.2, 0.25) is 0 Å². The Labute approximate surface area is 145 Å². The zero-order valence-electron chi connectivity index (χ0n) is 14.0. The normalized spacial score (nSPS) is 11.2. The van der Waals surface area contributed by atoms with Crippen molar-refractivity contribution in [3.05, 3.63) is 29.3 Å². The van der Waals surface area contributed by atoms with Crippen molar-refractivity contribution >= 4 is 28.3 Å². The third-order valence-corrected chi connectivity index (χ3v) is 5.50. The standard InChI is InChI=1S/C15H25N3O3S.ClH/c1-5-18(6-2)22(20,21)13-8-7-12(3)14(11-13)15(19)17-10-9-16-4;/h7-8,11,16H,5-6,9-10H2,1-4H3,(H,17,19);1H. The highest BCUT2D eigenvalue weighted by Crippen LogP contribution is 2.19. The van der Waals surface area contributed by atoms with Crippen molar-refractivity contribution < 1.29 is 13.2 Å². The van der Waals surface area contributed by atoms with Gasteiger partial charge in [-0.1, -0.05) is 19.9 Å². The first-order valence-corrected chi connectivity index (χ1v) is 8.86. The summed E-state index contributed by atoms with van der Waals surface area (Å²) in [6, 6.07) is 4.68. The van der Waals surface area contributed by atoms with E-state index in [9.17, 15) is 13.2 Å². The van der Waals surface area contributed by atoms with Crippen LogP contribution in [0.1, 0.15) is 29.8 Å². The Hall–Kier alpha value is -1.15. The number of likely N-dealkylation sites (N-methyl/N-ethyl adjacent to an activating group) is 1. The van der Waals surface area contributed by atoms with E-state index >= 15 is 0 Å². The Balaban J connectivity index is 0.00000484. The van der Waals surface area contributed by atoms with Crippen LogP contribution < -0.4 is 10.6 Å². The van der Waals surface area contributed by atoms with Gasteiger partial charge >= 0.3 is 0 Å². The lowest BCUT2D eigenvalue weighted by molar-refractivity contribution is 0.0953. The van der Waals surface area contributed by atoms with Gasteiger partial charge in [0.25, 0.3) is 5.91 Å². The minimum absolute atomic E-state index is 0. The summed E-state index contributed by atoms with van der Waals surface area (Å²) in [5.41, 5.74) is 1.14. The van der Waals surface area contributed by atoms with Crippen LogP contribution in [0.25, 0.3) is 0 Å². The molecular formula is C15H26ClN3O3S. The maximum atomic E-state index is 12.5. The highest BCUT2D eigenvalue weighted by atomic mass is 35.5. The molecule has 0 unspecified atom stereocenters. The summed E-state index contributed by atoms with van der Waals surface area (Å²) >= 11 is 0. The van der Waals surface area contributed by atoms with Gasteiger partial charge in [0.1, 0.15) is 0 Å². The average Bonchev–Trinajstić information content (AvgIpc) is 2.48. The second-order valence-electron chi connectivity index (χ2n) is 4.93. The van der Waals surface area contributed by atoms with E-state index in [1.54, 1.807) is 40.0 Å². The van der Waals surface area contributed by atoms with E-state index in [4.69, 9.17) is 0 Å². The van der Waals surface area contributed by atoms with Crippen LogP contribution in [0.3, 0.4) is 0 Å². The van der Waals surface area contributed by atoms with Gasteiger partial charge in [-0.2, -0.15) is 4.31 Å². The molecule has 0 aliphatic carbocycles. The van der Waals surface area contributed by atoms with E-state index in [0.29, 0.717) is 31.7 Å². The molecule has 1 aromatic carbocycles. The molecule has 0 saturated heterocycles. The van der Waals surface area contributed by atoms with Gasteiger partial charge in [-0.15, -0.1) is 12.4 Å². The number of rotatable bonds is 8. The third kappa shape index (κ3) is 5.46. The Morgan fingerprint density at radius 1 is 1.17 bits per heavy atom. The van der Waals surface area contributed by atoms with Crippen LogP contribution in [-0.2, 0) is 10.0 Å². The van der Waals surface area contributed by atoms with E-state index in [0.717, 1.165) is 5.56 Å². The summed E-state index contributed by atoms with van der Waals surface area (Å²) in [5.74, 6) is -0.260. The van der Waals surface area contributed by atoms with E-state index < -0.39 is 10.0 Å². The second-order valence-corrected chi connectivity index (χ2v) is 6.86. The van der Waals surface area contributed by atoms with Crippen LogP contribution in [0.15, 0.2) is 23.1 Å². The number of nitrogens with one attached hydrogen (secondary N) is 2. The molecule has 1 aromatic rings. The molecule has 6 nitrogen and oxygen atoms in total. The van der Waals surface area contributed by atoms with Crippen molar-refractivity contribution in [1.29, 1.82) is 0 Å². The molecule has 0 aliphatic rings. The quantitative estimate of drug-likeness (QED) is 0.684. The van der Waals surface area contributed by atoms with Gasteiger partial charge in [0, 0.05) is 31.7 Å². The monoisotopic (exact) mass is 363 g/mol. The fourth-order valence-corrected chi connectivity index (χ4v) is 3.60. The minimum atomic E-state index is -3.56. The first kappa shape index (κ1) is 21.9. The number of nitrogens with zero attached hydrogens (tertiary/aromatic N) is 1. The summed E-state index contributed by atoms with van der Waals surface area (Å²) in [5, 5.41) is 5.70. The molecule has 2 N–H and O–H groups in total. The van der Waals surface area contributed by atoms with Crippen LogP contribution in [0.5, 0.6) is 0 Å². The number of sulfonamides is 1. The molecule has 0 aliphatic heterocycles. The van der Waals surface area contributed by atoms with Crippen LogP contribution >= 0.6 is 12.4 Å². The first-order chi connectivity index (χ1) is 10.4. The van der Waals surface area contributed by atoms with Gasteiger partial charge in [-0.25, -0.2) is 8.42 Å². The topological polar surface area (TPSA) is 78.5 Å². The second kappa shape index (κ2) is 9.87. The highest BCUT2D eigenvalue weighted by Gasteiger charge is 2.23. The molecule has 0 heterocycles. The van der Waals surface area contributed by atoms with Gasteiger partial charge < -0.3 is 10.6 Å². The Kier molecular flexibility index (Phi) is 9.38. The van der Waals surface area contributed by atoms with Gasteiger partial charge in [0.05, 0.1) is 4.90 Å². The van der Waals surface area contributed by atoms with Gasteiger partial charge in [0.2, 0.25) is 10.0 Å². The highest BCUT2D eigenvalue weighted by molar-refractivity contribution is 7.89. The SMILES string of the molecule is CCN(CC)S(=O)(=O)c1ccc(C)c(C(=O)NCCNC)c1.Cl. The van der Waals surface area contributed by atoms with Crippen molar-refractivity contribution in [2.45, 2.75) is 25.7 Å². The van der Waals surface area contributed by atoms with E-state index in [1.807, 2.05) is 0 Å². The molecule has 23 heavy (non-hydrogen) atoms. The zero-order valence-corrected chi connectivity index (χ0v) is 15.7. The molecule has 132 valence electrons. The number of hydrogen-bond acceptors (Lipinski definition) is 4. The minimum Gasteiger partial charge on any atom is -0.351 e. The smallest absolute Gasteiger partial charge is 0.251 e. The summed E-state index contributed by atoms with van der Waals surface area (Å²) in [6.45, 7) is 7.32. The largest absolute Gasteiger partial charge is 0.351 e. The van der Waals surface area contributed by atoms with Crippen LogP contribution in [-0.4, -0.2) is 51.9 Å². The molecule has 0 atom stereocenters. The molecule has 0 radical (unpaired) electrons.